The maximum absolute atomic E-state index is 10.4. The number of aliphatic hydroxyl groups excluding tert-OH is 1. The zero-order chi connectivity index (χ0) is 12.4. The summed E-state index contributed by atoms with van der Waals surface area (Å²) >= 11 is 1.65. The third-order valence-electron chi connectivity index (χ3n) is 3.07. The van der Waals surface area contributed by atoms with E-state index >= 15 is 0 Å². The van der Waals surface area contributed by atoms with Crippen LogP contribution in [0.3, 0.4) is 0 Å². The van der Waals surface area contributed by atoms with E-state index in [1.807, 2.05) is 41.9 Å². The van der Waals surface area contributed by atoms with Gasteiger partial charge >= 0.3 is 0 Å². The Labute approximate surface area is 110 Å². The fourth-order valence-corrected chi connectivity index (χ4v) is 2.83. The highest BCUT2D eigenvalue weighted by atomic mass is 32.1. The monoisotopic (exact) mass is 255 g/mol. The summed E-state index contributed by atoms with van der Waals surface area (Å²) in [6.45, 7) is 0. The van der Waals surface area contributed by atoms with Gasteiger partial charge in [0.2, 0.25) is 0 Å². The summed E-state index contributed by atoms with van der Waals surface area (Å²) in [5.74, 6) is 0. The van der Waals surface area contributed by atoms with Gasteiger partial charge < -0.3 is 5.11 Å². The summed E-state index contributed by atoms with van der Waals surface area (Å²) in [5.41, 5.74) is 2.07. The largest absolute Gasteiger partial charge is 0.388 e. The van der Waals surface area contributed by atoms with Crippen LogP contribution in [0.25, 0.3) is 10.8 Å². The highest BCUT2D eigenvalue weighted by molar-refractivity contribution is 7.07. The van der Waals surface area contributed by atoms with E-state index in [-0.39, 0.29) is 0 Å². The number of thiophene rings is 1. The second-order valence-corrected chi connectivity index (χ2v) is 5.08. The van der Waals surface area contributed by atoms with Crippen molar-refractivity contribution < 1.29 is 5.11 Å². The second kappa shape index (κ2) is 4.88. The fraction of sp³-hybridized carbons (Fsp3) is 0.133. The molecule has 1 unspecified atom stereocenters. The topological polar surface area (TPSA) is 33.1 Å². The lowest BCUT2D eigenvalue weighted by Gasteiger charge is -2.12. The van der Waals surface area contributed by atoms with Crippen LogP contribution < -0.4 is 0 Å². The predicted molar refractivity (Wildman–Crippen MR) is 74.7 cm³/mol. The Bertz CT molecular complexity index is 643. The molecular weight excluding hydrogens is 242 g/mol. The van der Waals surface area contributed by atoms with E-state index in [9.17, 15) is 5.11 Å². The Morgan fingerprint density at radius 1 is 1.17 bits per heavy atom. The Morgan fingerprint density at radius 2 is 2.06 bits per heavy atom. The van der Waals surface area contributed by atoms with E-state index < -0.39 is 6.10 Å². The van der Waals surface area contributed by atoms with E-state index in [0.717, 1.165) is 16.3 Å². The summed E-state index contributed by atoms with van der Waals surface area (Å²) in [4.78, 5) is 4.21. The Balaban J connectivity index is 1.98. The minimum atomic E-state index is -0.502. The first-order valence-corrected chi connectivity index (χ1v) is 6.80. The van der Waals surface area contributed by atoms with Crippen molar-refractivity contribution in [1.82, 2.24) is 4.98 Å². The van der Waals surface area contributed by atoms with Crippen molar-refractivity contribution in [1.29, 1.82) is 0 Å². The van der Waals surface area contributed by atoms with Crippen LogP contribution in [0.5, 0.6) is 0 Å². The second-order valence-electron chi connectivity index (χ2n) is 4.30. The Hall–Kier alpha value is -1.71. The molecule has 18 heavy (non-hydrogen) atoms. The van der Waals surface area contributed by atoms with Crippen molar-refractivity contribution >= 4 is 22.1 Å². The van der Waals surface area contributed by atoms with E-state index in [0.29, 0.717) is 6.42 Å². The molecule has 0 saturated heterocycles. The van der Waals surface area contributed by atoms with Gasteiger partial charge in [0.05, 0.1) is 6.10 Å². The molecule has 0 bridgehead atoms. The van der Waals surface area contributed by atoms with Crippen LogP contribution >= 0.6 is 11.3 Å². The molecule has 90 valence electrons. The summed E-state index contributed by atoms with van der Waals surface area (Å²) in [6.07, 6.45) is 3.73. The van der Waals surface area contributed by atoms with Crippen LogP contribution in [0.2, 0.25) is 0 Å². The fourth-order valence-electron chi connectivity index (χ4n) is 2.15. The third kappa shape index (κ3) is 2.15. The quantitative estimate of drug-likeness (QED) is 0.776. The standard InChI is InChI=1S/C15H13NOS/c17-15(7-11-5-6-18-10-11)14-9-16-8-12-3-1-2-4-13(12)14/h1-6,8-10,15,17H,7H2. The first-order chi connectivity index (χ1) is 8.84. The van der Waals surface area contributed by atoms with E-state index in [4.69, 9.17) is 0 Å². The lowest BCUT2D eigenvalue weighted by atomic mass is 9.99. The van der Waals surface area contributed by atoms with Crippen molar-refractivity contribution in [3.63, 3.8) is 0 Å². The van der Waals surface area contributed by atoms with Gasteiger partial charge in [-0.1, -0.05) is 24.3 Å². The molecule has 0 spiro atoms. The molecule has 0 aliphatic carbocycles. The molecular formula is C15H13NOS. The predicted octanol–water partition coefficient (Wildman–Crippen LogP) is 3.57. The van der Waals surface area contributed by atoms with Gasteiger partial charge in [-0.05, 0) is 27.8 Å². The summed E-state index contributed by atoms with van der Waals surface area (Å²) in [7, 11) is 0. The number of aliphatic hydroxyl groups is 1. The molecule has 0 saturated carbocycles. The lowest BCUT2D eigenvalue weighted by molar-refractivity contribution is 0.180. The van der Waals surface area contributed by atoms with Crippen molar-refractivity contribution in [2.75, 3.05) is 0 Å². The summed E-state index contributed by atoms with van der Waals surface area (Å²) < 4.78 is 0. The number of aromatic nitrogens is 1. The number of hydrogen-bond acceptors (Lipinski definition) is 3. The maximum atomic E-state index is 10.4. The van der Waals surface area contributed by atoms with Crippen LogP contribution in [-0.2, 0) is 6.42 Å². The highest BCUT2D eigenvalue weighted by Gasteiger charge is 2.12. The molecule has 0 aliphatic heterocycles. The Morgan fingerprint density at radius 3 is 2.89 bits per heavy atom. The smallest absolute Gasteiger partial charge is 0.0851 e. The number of hydrogen-bond donors (Lipinski definition) is 1. The first-order valence-electron chi connectivity index (χ1n) is 5.86. The van der Waals surface area contributed by atoms with Crippen LogP contribution in [0.1, 0.15) is 17.2 Å². The van der Waals surface area contributed by atoms with E-state index in [1.165, 1.54) is 5.56 Å². The van der Waals surface area contributed by atoms with Crippen molar-refractivity contribution in [2.45, 2.75) is 12.5 Å². The van der Waals surface area contributed by atoms with Crippen LogP contribution in [0.15, 0.2) is 53.5 Å². The van der Waals surface area contributed by atoms with Gasteiger partial charge in [-0.25, -0.2) is 0 Å². The summed E-state index contributed by atoms with van der Waals surface area (Å²) in [5, 5.41) is 16.6. The lowest BCUT2D eigenvalue weighted by Crippen LogP contribution is -2.02. The van der Waals surface area contributed by atoms with Crippen LogP contribution in [-0.4, -0.2) is 10.1 Å². The molecule has 0 radical (unpaired) electrons. The number of benzene rings is 1. The molecule has 2 aromatic heterocycles. The van der Waals surface area contributed by atoms with Crippen molar-refractivity contribution in [3.05, 3.63) is 64.6 Å². The van der Waals surface area contributed by atoms with Crippen molar-refractivity contribution in [2.24, 2.45) is 0 Å². The Kier molecular flexibility index (Phi) is 3.09. The molecule has 1 atom stereocenters. The van der Waals surface area contributed by atoms with Gasteiger partial charge in [-0.3, -0.25) is 4.98 Å². The highest BCUT2D eigenvalue weighted by Crippen LogP contribution is 2.26. The summed E-state index contributed by atoms with van der Waals surface area (Å²) in [6, 6.07) is 10.1. The first kappa shape index (κ1) is 11.4. The minimum absolute atomic E-state index is 0.502. The molecule has 0 fully saturated rings. The number of rotatable bonds is 3. The number of fused-ring (bicyclic) bond motifs is 1. The van der Waals surface area contributed by atoms with Crippen molar-refractivity contribution in [3.8, 4) is 0 Å². The average molecular weight is 255 g/mol. The van der Waals surface area contributed by atoms with Gasteiger partial charge in [0, 0.05) is 29.8 Å². The maximum Gasteiger partial charge on any atom is 0.0851 e. The average Bonchev–Trinajstić information content (AvgIpc) is 2.91. The van der Waals surface area contributed by atoms with Gasteiger partial charge in [-0.15, -0.1) is 0 Å². The minimum Gasteiger partial charge on any atom is -0.388 e. The molecule has 3 heteroatoms. The molecule has 1 N–H and O–H groups in total. The SMILES string of the molecule is OC(Cc1ccsc1)c1cncc2ccccc12. The van der Waals surface area contributed by atoms with Gasteiger partial charge in [0.1, 0.15) is 0 Å². The van der Waals surface area contributed by atoms with E-state index in [2.05, 4.69) is 10.4 Å². The molecule has 3 aromatic rings. The van der Waals surface area contributed by atoms with Crippen LogP contribution in [0.4, 0.5) is 0 Å². The molecule has 1 aromatic carbocycles. The molecule has 3 rings (SSSR count). The normalized spacial score (nSPS) is 12.7. The van der Waals surface area contributed by atoms with Gasteiger partial charge in [0.25, 0.3) is 0 Å². The number of nitrogens with zero attached hydrogens (tertiary/aromatic N) is 1. The molecule has 2 heterocycles. The van der Waals surface area contributed by atoms with Gasteiger partial charge in [-0.2, -0.15) is 11.3 Å². The third-order valence-corrected chi connectivity index (χ3v) is 3.80. The molecule has 2 nitrogen and oxygen atoms in total. The molecule has 0 aliphatic rings. The zero-order valence-corrected chi connectivity index (χ0v) is 10.6. The van der Waals surface area contributed by atoms with E-state index in [1.54, 1.807) is 17.5 Å². The number of pyridine rings is 1. The van der Waals surface area contributed by atoms with Crippen LogP contribution in [0, 0.1) is 0 Å². The molecule has 0 amide bonds. The zero-order valence-electron chi connectivity index (χ0n) is 9.78. The van der Waals surface area contributed by atoms with Gasteiger partial charge in [0.15, 0.2) is 0 Å².